The Morgan fingerprint density at radius 1 is 1.58 bits per heavy atom. The van der Waals surface area contributed by atoms with Crippen molar-refractivity contribution in [1.82, 2.24) is 10.4 Å². The van der Waals surface area contributed by atoms with E-state index in [0.717, 1.165) is 19.6 Å². The quantitative estimate of drug-likeness (QED) is 0.393. The van der Waals surface area contributed by atoms with Crippen molar-refractivity contribution in [3.63, 3.8) is 0 Å². The zero-order chi connectivity index (χ0) is 8.60. The molecule has 2 aliphatic heterocycles. The average molecular weight is 172 g/mol. The largest absolute Gasteiger partial charge is 0.381 e. The number of nitrogens with one attached hydrogen (secondary N) is 1. The number of rotatable bonds is 0. The van der Waals surface area contributed by atoms with E-state index in [1.54, 1.807) is 10.4 Å². The van der Waals surface area contributed by atoms with Crippen LogP contribution in [0, 0.1) is 5.41 Å². The number of hydrogen-bond acceptors (Lipinski definition) is 3. The molecular weight excluding hydrogens is 160 g/mol. The zero-order valence-electron chi connectivity index (χ0n) is 6.75. The summed E-state index contributed by atoms with van der Waals surface area (Å²) in [5.41, 5.74) is 1.82. The van der Waals surface area contributed by atoms with Crippen molar-refractivity contribution in [3.05, 3.63) is 0 Å². The summed E-state index contributed by atoms with van der Waals surface area (Å²) in [6.45, 7) is 2.97. The van der Waals surface area contributed by atoms with Crippen molar-refractivity contribution >= 4 is 6.03 Å². The van der Waals surface area contributed by atoms with Gasteiger partial charge in [0.05, 0.1) is 6.61 Å². The summed E-state index contributed by atoms with van der Waals surface area (Å²) >= 11 is 0. The zero-order valence-corrected chi connectivity index (χ0v) is 6.75. The molecule has 5 heteroatoms. The minimum atomic E-state index is -0.410. The van der Waals surface area contributed by atoms with Gasteiger partial charge < -0.3 is 9.64 Å². The van der Waals surface area contributed by atoms with E-state index in [4.69, 9.17) is 9.94 Å². The first-order valence-corrected chi connectivity index (χ1v) is 4.03. The lowest BCUT2D eigenvalue weighted by atomic mass is 9.79. The van der Waals surface area contributed by atoms with Gasteiger partial charge in [-0.1, -0.05) is 0 Å². The third kappa shape index (κ3) is 1.05. The lowest BCUT2D eigenvalue weighted by Gasteiger charge is -2.46. The fourth-order valence-corrected chi connectivity index (χ4v) is 1.88. The van der Waals surface area contributed by atoms with Gasteiger partial charge >= 0.3 is 6.03 Å². The van der Waals surface area contributed by atoms with Crippen molar-refractivity contribution in [1.29, 1.82) is 0 Å². The maximum absolute atomic E-state index is 10.9. The van der Waals surface area contributed by atoms with E-state index in [0.29, 0.717) is 13.1 Å². The number of urea groups is 1. The number of hydroxylamine groups is 1. The molecule has 1 spiro atoms. The van der Waals surface area contributed by atoms with Crippen LogP contribution in [0.5, 0.6) is 0 Å². The van der Waals surface area contributed by atoms with Gasteiger partial charge in [-0.15, -0.1) is 0 Å². The van der Waals surface area contributed by atoms with Gasteiger partial charge in [0.25, 0.3) is 0 Å². The predicted molar refractivity (Wildman–Crippen MR) is 39.8 cm³/mol. The Morgan fingerprint density at radius 3 is 2.83 bits per heavy atom. The summed E-state index contributed by atoms with van der Waals surface area (Å²) in [4.78, 5) is 12.4. The number of hydrogen-bond donors (Lipinski definition) is 2. The van der Waals surface area contributed by atoms with Crippen molar-refractivity contribution in [3.8, 4) is 0 Å². The second-order valence-electron chi connectivity index (χ2n) is 3.58. The highest BCUT2D eigenvalue weighted by atomic mass is 16.5. The number of carbonyl (C=O) groups is 1. The second kappa shape index (κ2) is 2.60. The standard InChI is InChI=1S/C7H12N2O3/c10-6(8-11)9-3-7(4-9)1-2-12-5-7/h11H,1-5H2,(H,8,10). The fraction of sp³-hybridized carbons (Fsp3) is 0.857. The van der Waals surface area contributed by atoms with Crippen LogP contribution in [0.4, 0.5) is 4.79 Å². The Bertz CT molecular complexity index is 193. The minimum absolute atomic E-state index is 0.201. The summed E-state index contributed by atoms with van der Waals surface area (Å²) in [6.07, 6.45) is 1.03. The molecule has 5 nitrogen and oxygen atoms in total. The Hall–Kier alpha value is -0.810. The maximum atomic E-state index is 10.9. The molecule has 2 rings (SSSR count). The van der Waals surface area contributed by atoms with Gasteiger partial charge in [-0.2, -0.15) is 0 Å². The lowest BCUT2D eigenvalue weighted by Crippen LogP contribution is -2.60. The van der Waals surface area contributed by atoms with E-state index in [9.17, 15) is 4.79 Å². The van der Waals surface area contributed by atoms with Gasteiger partial charge in [-0.3, -0.25) is 5.21 Å². The van der Waals surface area contributed by atoms with E-state index >= 15 is 0 Å². The van der Waals surface area contributed by atoms with E-state index in [-0.39, 0.29) is 5.41 Å². The molecule has 12 heavy (non-hydrogen) atoms. The number of ether oxygens (including phenoxy) is 1. The number of carbonyl (C=O) groups excluding carboxylic acids is 1. The van der Waals surface area contributed by atoms with Crippen LogP contribution in [0.25, 0.3) is 0 Å². The van der Waals surface area contributed by atoms with Crippen molar-refractivity contribution < 1.29 is 14.7 Å². The SMILES string of the molecule is O=C(NO)N1CC2(CCOC2)C1. The molecule has 2 amide bonds. The highest BCUT2D eigenvalue weighted by Crippen LogP contribution is 2.37. The molecule has 0 aromatic heterocycles. The molecule has 0 radical (unpaired) electrons. The summed E-state index contributed by atoms with van der Waals surface area (Å²) in [5.74, 6) is 0. The molecule has 2 heterocycles. The first kappa shape index (κ1) is 7.82. The first-order chi connectivity index (χ1) is 5.76. The summed E-state index contributed by atoms with van der Waals surface area (Å²) in [6, 6.07) is -0.410. The molecule has 0 aromatic carbocycles. The van der Waals surface area contributed by atoms with Crippen LogP contribution in [-0.4, -0.2) is 42.4 Å². The van der Waals surface area contributed by atoms with Crippen LogP contribution in [0.3, 0.4) is 0 Å². The third-order valence-corrected chi connectivity index (χ3v) is 2.62. The highest BCUT2D eigenvalue weighted by Gasteiger charge is 2.47. The number of likely N-dealkylation sites (tertiary alicyclic amines) is 1. The number of amides is 2. The fourth-order valence-electron chi connectivity index (χ4n) is 1.88. The van der Waals surface area contributed by atoms with Crippen LogP contribution in [0.1, 0.15) is 6.42 Å². The molecule has 0 bridgehead atoms. The first-order valence-electron chi connectivity index (χ1n) is 4.03. The molecule has 2 fully saturated rings. The van der Waals surface area contributed by atoms with Crippen LogP contribution < -0.4 is 5.48 Å². The van der Waals surface area contributed by atoms with Crippen LogP contribution in [0.2, 0.25) is 0 Å². The van der Waals surface area contributed by atoms with Crippen molar-refractivity contribution in [2.45, 2.75) is 6.42 Å². The molecule has 2 aliphatic rings. The summed E-state index contributed by atoms with van der Waals surface area (Å²) < 4.78 is 5.24. The topological polar surface area (TPSA) is 61.8 Å². The number of nitrogens with zero attached hydrogens (tertiary/aromatic N) is 1. The van der Waals surface area contributed by atoms with Gasteiger partial charge in [0.15, 0.2) is 0 Å². The maximum Gasteiger partial charge on any atom is 0.341 e. The second-order valence-corrected chi connectivity index (χ2v) is 3.58. The summed E-state index contributed by atoms with van der Waals surface area (Å²) in [5, 5.41) is 8.33. The molecule has 0 aliphatic carbocycles. The average Bonchev–Trinajstić information content (AvgIpc) is 2.48. The van der Waals surface area contributed by atoms with E-state index in [2.05, 4.69) is 0 Å². The van der Waals surface area contributed by atoms with Crippen LogP contribution in [-0.2, 0) is 4.74 Å². The molecule has 2 saturated heterocycles. The van der Waals surface area contributed by atoms with E-state index in [1.807, 2.05) is 0 Å². The van der Waals surface area contributed by atoms with Gasteiger partial charge in [-0.05, 0) is 6.42 Å². The van der Waals surface area contributed by atoms with Gasteiger partial charge in [0.1, 0.15) is 0 Å². The highest BCUT2D eigenvalue weighted by molar-refractivity contribution is 5.74. The summed E-state index contributed by atoms with van der Waals surface area (Å²) in [7, 11) is 0. The monoisotopic (exact) mass is 172 g/mol. The lowest BCUT2D eigenvalue weighted by molar-refractivity contribution is 0.00832. The van der Waals surface area contributed by atoms with Gasteiger partial charge in [0, 0.05) is 25.1 Å². The molecule has 0 saturated carbocycles. The van der Waals surface area contributed by atoms with Gasteiger partial charge in [-0.25, -0.2) is 10.3 Å². The molecule has 0 atom stereocenters. The van der Waals surface area contributed by atoms with Gasteiger partial charge in [0.2, 0.25) is 0 Å². The smallest absolute Gasteiger partial charge is 0.341 e. The van der Waals surface area contributed by atoms with Crippen molar-refractivity contribution in [2.75, 3.05) is 26.3 Å². The van der Waals surface area contributed by atoms with E-state index < -0.39 is 6.03 Å². The molecule has 2 N–H and O–H groups in total. The van der Waals surface area contributed by atoms with E-state index in [1.165, 1.54) is 0 Å². The molecular formula is C7H12N2O3. The van der Waals surface area contributed by atoms with Crippen molar-refractivity contribution in [2.24, 2.45) is 5.41 Å². The molecule has 0 aromatic rings. The van der Waals surface area contributed by atoms with Crippen LogP contribution in [0.15, 0.2) is 0 Å². The third-order valence-electron chi connectivity index (χ3n) is 2.62. The Kier molecular flexibility index (Phi) is 1.69. The van der Waals surface area contributed by atoms with Crippen LogP contribution >= 0.6 is 0 Å². The predicted octanol–water partition coefficient (Wildman–Crippen LogP) is -0.193. The minimum Gasteiger partial charge on any atom is -0.381 e. The Balaban J connectivity index is 1.86. The Morgan fingerprint density at radius 2 is 2.33 bits per heavy atom. The molecule has 68 valence electrons. The molecule has 0 unspecified atom stereocenters. The Labute approximate surface area is 70.3 Å². The normalized spacial score (nSPS) is 25.6.